The molecule has 1 aliphatic heterocycles. The molecule has 0 saturated carbocycles. The van der Waals surface area contributed by atoms with Crippen molar-refractivity contribution in [2.24, 2.45) is 0 Å². The van der Waals surface area contributed by atoms with Crippen LogP contribution in [-0.4, -0.2) is 48.5 Å². The maximum absolute atomic E-state index is 12.7. The Morgan fingerprint density at radius 3 is 2.71 bits per heavy atom. The van der Waals surface area contributed by atoms with Gasteiger partial charge in [-0.2, -0.15) is 0 Å². The number of hydrogen-bond acceptors (Lipinski definition) is 4. The number of benzene rings is 1. The summed E-state index contributed by atoms with van der Waals surface area (Å²) in [6.07, 6.45) is 0. The predicted molar refractivity (Wildman–Crippen MR) is 91.6 cm³/mol. The first-order valence-electron chi connectivity index (χ1n) is 8.32. The molecule has 0 spiro atoms. The molecule has 1 saturated heterocycles. The molecule has 2 heterocycles. The van der Waals surface area contributed by atoms with Gasteiger partial charge < -0.3 is 14.1 Å². The van der Waals surface area contributed by atoms with E-state index in [0.29, 0.717) is 24.7 Å². The Hall–Kier alpha value is -2.11. The van der Waals surface area contributed by atoms with Gasteiger partial charge in [0, 0.05) is 39.3 Å². The molecule has 0 bridgehead atoms. The third-order valence-corrected chi connectivity index (χ3v) is 4.38. The lowest BCUT2D eigenvalue weighted by molar-refractivity contribution is 0.0441. The van der Waals surface area contributed by atoms with E-state index < -0.39 is 0 Å². The average Bonchev–Trinajstić information content (AvgIpc) is 3.04. The van der Waals surface area contributed by atoms with Crippen molar-refractivity contribution in [1.82, 2.24) is 9.80 Å². The maximum Gasteiger partial charge on any atom is 0.289 e. The van der Waals surface area contributed by atoms with Crippen LogP contribution in [-0.2, 0) is 17.9 Å². The smallest absolute Gasteiger partial charge is 0.289 e. The molecule has 1 aromatic carbocycles. The van der Waals surface area contributed by atoms with E-state index in [-0.39, 0.29) is 11.9 Å². The minimum absolute atomic E-state index is 0.0378. The van der Waals surface area contributed by atoms with Gasteiger partial charge in [0.2, 0.25) is 0 Å². The van der Waals surface area contributed by atoms with Gasteiger partial charge in [0.1, 0.15) is 12.4 Å². The van der Waals surface area contributed by atoms with Crippen LogP contribution in [0.5, 0.6) is 0 Å². The number of hydrogen-bond donors (Lipinski definition) is 0. The highest BCUT2D eigenvalue weighted by Gasteiger charge is 2.29. The van der Waals surface area contributed by atoms with Crippen LogP contribution in [0.2, 0.25) is 0 Å². The highest BCUT2D eigenvalue weighted by Crippen LogP contribution is 2.18. The number of ether oxygens (including phenoxy) is 1. The lowest BCUT2D eigenvalue weighted by atomic mass is 10.1. The van der Waals surface area contributed by atoms with Gasteiger partial charge in [0.15, 0.2) is 5.76 Å². The molecule has 1 amide bonds. The third-order valence-electron chi connectivity index (χ3n) is 4.38. The molecular weight excluding hydrogens is 304 g/mol. The molecule has 128 valence electrons. The van der Waals surface area contributed by atoms with E-state index in [1.807, 2.05) is 11.0 Å². The SMILES string of the molecule is COCc1ccc(C(=O)N2CCN(Cc3ccccc3)C[C@H]2C)o1. The molecule has 24 heavy (non-hydrogen) atoms. The van der Waals surface area contributed by atoms with Crippen LogP contribution < -0.4 is 0 Å². The summed E-state index contributed by atoms with van der Waals surface area (Å²) in [6, 6.07) is 14.1. The first-order valence-corrected chi connectivity index (χ1v) is 8.32. The number of amides is 1. The molecule has 0 unspecified atom stereocenters. The van der Waals surface area contributed by atoms with E-state index in [1.165, 1.54) is 5.56 Å². The summed E-state index contributed by atoms with van der Waals surface area (Å²) in [5.74, 6) is 1.03. The van der Waals surface area contributed by atoms with Crippen molar-refractivity contribution < 1.29 is 13.9 Å². The largest absolute Gasteiger partial charge is 0.453 e. The van der Waals surface area contributed by atoms with Gasteiger partial charge in [-0.3, -0.25) is 9.69 Å². The zero-order valence-corrected chi connectivity index (χ0v) is 14.3. The zero-order chi connectivity index (χ0) is 16.9. The van der Waals surface area contributed by atoms with E-state index in [2.05, 4.69) is 36.1 Å². The lowest BCUT2D eigenvalue weighted by Crippen LogP contribution is -2.53. The Balaban J connectivity index is 1.59. The highest BCUT2D eigenvalue weighted by molar-refractivity contribution is 5.91. The summed E-state index contributed by atoms with van der Waals surface area (Å²) < 4.78 is 10.6. The second-order valence-corrected chi connectivity index (χ2v) is 6.27. The number of methoxy groups -OCH3 is 1. The van der Waals surface area contributed by atoms with Crippen LogP contribution >= 0.6 is 0 Å². The van der Waals surface area contributed by atoms with Crippen molar-refractivity contribution >= 4 is 5.91 Å². The molecule has 0 aliphatic carbocycles. The minimum Gasteiger partial charge on any atom is -0.453 e. The summed E-state index contributed by atoms with van der Waals surface area (Å²) in [5.41, 5.74) is 1.31. The molecule has 1 atom stereocenters. The summed E-state index contributed by atoms with van der Waals surface area (Å²) in [7, 11) is 1.61. The Kier molecular flexibility index (Phi) is 5.33. The summed E-state index contributed by atoms with van der Waals surface area (Å²) in [4.78, 5) is 17.0. The van der Waals surface area contributed by atoms with E-state index in [1.54, 1.807) is 19.2 Å². The Morgan fingerprint density at radius 2 is 2.00 bits per heavy atom. The van der Waals surface area contributed by atoms with Crippen LogP contribution in [0.25, 0.3) is 0 Å². The Bertz CT molecular complexity index is 668. The van der Waals surface area contributed by atoms with Crippen LogP contribution in [0.3, 0.4) is 0 Å². The van der Waals surface area contributed by atoms with E-state index in [0.717, 1.165) is 19.6 Å². The number of rotatable bonds is 5. The fraction of sp³-hybridized carbons (Fsp3) is 0.421. The Labute approximate surface area is 142 Å². The van der Waals surface area contributed by atoms with E-state index in [9.17, 15) is 4.79 Å². The van der Waals surface area contributed by atoms with Crippen molar-refractivity contribution in [2.75, 3.05) is 26.7 Å². The number of carbonyl (C=O) groups is 1. The fourth-order valence-corrected chi connectivity index (χ4v) is 3.17. The van der Waals surface area contributed by atoms with Gasteiger partial charge in [0.05, 0.1) is 0 Å². The molecule has 5 heteroatoms. The average molecular weight is 328 g/mol. The molecule has 0 N–H and O–H groups in total. The first-order chi connectivity index (χ1) is 11.7. The van der Waals surface area contributed by atoms with Gasteiger partial charge in [-0.05, 0) is 24.6 Å². The molecule has 1 aliphatic rings. The molecule has 3 rings (SSSR count). The predicted octanol–water partition coefficient (Wildman–Crippen LogP) is 2.77. The van der Waals surface area contributed by atoms with Crippen molar-refractivity contribution in [1.29, 1.82) is 0 Å². The minimum atomic E-state index is -0.0378. The first kappa shape index (κ1) is 16.7. The summed E-state index contributed by atoms with van der Waals surface area (Å²) in [5, 5.41) is 0. The van der Waals surface area contributed by atoms with E-state index in [4.69, 9.17) is 9.15 Å². The van der Waals surface area contributed by atoms with Gasteiger partial charge >= 0.3 is 0 Å². The normalized spacial score (nSPS) is 18.8. The number of carbonyl (C=O) groups excluding carboxylic acids is 1. The fourth-order valence-electron chi connectivity index (χ4n) is 3.17. The van der Waals surface area contributed by atoms with Crippen LogP contribution in [0, 0.1) is 0 Å². The number of nitrogens with zero attached hydrogens (tertiary/aromatic N) is 2. The van der Waals surface area contributed by atoms with Crippen molar-refractivity contribution in [2.45, 2.75) is 26.1 Å². The van der Waals surface area contributed by atoms with Crippen molar-refractivity contribution in [3.05, 3.63) is 59.5 Å². The standard InChI is InChI=1S/C19H24N2O3/c1-15-12-20(13-16-6-4-3-5-7-16)10-11-21(15)19(22)18-9-8-17(24-18)14-23-2/h3-9,15H,10-14H2,1-2H3/t15-/m1/s1. The molecule has 1 aromatic heterocycles. The van der Waals surface area contributed by atoms with Crippen molar-refractivity contribution in [3.63, 3.8) is 0 Å². The van der Waals surface area contributed by atoms with Crippen molar-refractivity contribution in [3.8, 4) is 0 Å². The Morgan fingerprint density at radius 1 is 1.21 bits per heavy atom. The molecular formula is C19H24N2O3. The molecule has 0 radical (unpaired) electrons. The maximum atomic E-state index is 12.7. The van der Waals surface area contributed by atoms with E-state index >= 15 is 0 Å². The zero-order valence-electron chi connectivity index (χ0n) is 14.3. The van der Waals surface area contributed by atoms with Crippen LogP contribution in [0.4, 0.5) is 0 Å². The third kappa shape index (κ3) is 3.86. The number of furan rings is 1. The van der Waals surface area contributed by atoms with Gasteiger partial charge in [-0.1, -0.05) is 30.3 Å². The monoisotopic (exact) mass is 328 g/mol. The topological polar surface area (TPSA) is 45.9 Å². The highest BCUT2D eigenvalue weighted by atomic mass is 16.5. The molecule has 5 nitrogen and oxygen atoms in total. The summed E-state index contributed by atoms with van der Waals surface area (Å²) in [6.45, 7) is 5.85. The van der Waals surface area contributed by atoms with Crippen LogP contribution in [0.1, 0.15) is 28.8 Å². The van der Waals surface area contributed by atoms with Gasteiger partial charge in [-0.15, -0.1) is 0 Å². The second kappa shape index (κ2) is 7.64. The molecule has 2 aromatic rings. The van der Waals surface area contributed by atoms with Crippen LogP contribution in [0.15, 0.2) is 46.9 Å². The quantitative estimate of drug-likeness (QED) is 0.847. The van der Waals surface area contributed by atoms with Gasteiger partial charge in [-0.25, -0.2) is 0 Å². The molecule has 1 fully saturated rings. The lowest BCUT2D eigenvalue weighted by Gasteiger charge is -2.39. The summed E-state index contributed by atoms with van der Waals surface area (Å²) >= 11 is 0. The van der Waals surface area contributed by atoms with Gasteiger partial charge in [0.25, 0.3) is 5.91 Å². The second-order valence-electron chi connectivity index (χ2n) is 6.27. The number of piperazine rings is 1.